The van der Waals surface area contributed by atoms with Gasteiger partial charge in [-0.15, -0.1) is 0 Å². The lowest BCUT2D eigenvalue weighted by Gasteiger charge is -2.27. The van der Waals surface area contributed by atoms with E-state index in [9.17, 15) is 4.79 Å². The fourth-order valence-electron chi connectivity index (χ4n) is 2.28. The molecule has 1 N–H and O–H groups in total. The second-order valence-electron chi connectivity index (χ2n) is 4.19. The predicted octanol–water partition coefficient (Wildman–Crippen LogP) is 1.62. The molecule has 0 saturated carbocycles. The smallest absolute Gasteiger partial charge is 0.219 e. The third kappa shape index (κ3) is 1.63. The second-order valence-corrected chi connectivity index (χ2v) is 4.94. The molecule has 0 aliphatic carbocycles. The van der Waals surface area contributed by atoms with Crippen LogP contribution in [0, 0.1) is 0 Å². The molecular weight excluding hydrogens is 284 g/mol. The van der Waals surface area contributed by atoms with Gasteiger partial charge in [-0.25, -0.2) is 4.98 Å². The van der Waals surface area contributed by atoms with Gasteiger partial charge in [0.05, 0.1) is 5.39 Å². The average molecular weight is 295 g/mol. The number of fused-ring (bicyclic) bond motifs is 3. The van der Waals surface area contributed by atoms with E-state index in [0.29, 0.717) is 6.54 Å². The lowest BCUT2D eigenvalue weighted by Crippen LogP contribution is -2.34. The van der Waals surface area contributed by atoms with Crippen LogP contribution >= 0.6 is 15.9 Å². The van der Waals surface area contributed by atoms with Crippen LogP contribution in [0.1, 0.15) is 18.1 Å². The number of H-pyrrole nitrogens is 1. The van der Waals surface area contributed by atoms with Crippen molar-refractivity contribution in [2.45, 2.75) is 19.9 Å². The van der Waals surface area contributed by atoms with Gasteiger partial charge in [0.2, 0.25) is 5.91 Å². The minimum absolute atomic E-state index is 0.113. The lowest BCUT2D eigenvalue weighted by molar-refractivity contribution is -0.129. The van der Waals surface area contributed by atoms with Crippen molar-refractivity contribution >= 4 is 32.9 Å². The monoisotopic (exact) mass is 294 g/mol. The maximum Gasteiger partial charge on any atom is 0.219 e. The molecule has 2 aromatic rings. The van der Waals surface area contributed by atoms with Crippen molar-refractivity contribution in [2.24, 2.45) is 0 Å². The normalized spacial score (nSPS) is 15.1. The molecule has 3 heterocycles. The highest BCUT2D eigenvalue weighted by atomic mass is 79.9. The molecule has 0 spiro atoms. The van der Waals surface area contributed by atoms with Crippen LogP contribution in [0.3, 0.4) is 0 Å². The summed E-state index contributed by atoms with van der Waals surface area (Å²) in [5.41, 5.74) is 3.15. The maximum absolute atomic E-state index is 11.4. The Hall–Kier alpha value is -1.43. The Morgan fingerprint density at radius 1 is 1.59 bits per heavy atom. The number of hydrogen-bond acceptors (Lipinski definition) is 3. The summed E-state index contributed by atoms with van der Waals surface area (Å²) in [6, 6.07) is 0. The summed E-state index contributed by atoms with van der Waals surface area (Å²) < 4.78 is 0.799. The topological polar surface area (TPSA) is 61.9 Å². The Morgan fingerprint density at radius 3 is 3.18 bits per heavy atom. The number of hydrogen-bond donors (Lipinski definition) is 1. The largest absolute Gasteiger partial charge is 0.338 e. The molecule has 2 aromatic heterocycles. The molecule has 17 heavy (non-hydrogen) atoms. The molecule has 1 aliphatic heterocycles. The highest BCUT2D eigenvalue weighted by Gasteiger charge is 2.22. The third-order valence-corrected chi connectivity index (χ3v) is 3.75. The molecule has 0 saturated heterocycles. The Kier molecular flexibility index (Phi) is 2.39. The standard InChI is InChI=1S/C11H11BrN4O/c1-6(17)16-3-2-8-7(5-16)4-13-11-9(8)10(12)14-15-11/h4H,2-3,5H2,1H3,(H,13,14,15). The summed E-state index contributed by atoms with van der Waals surface area (Å²) in [7, 11) is 0. The van der Waals surface area contributed by atoms with Gasteiger partial charge >= 0.3 is 0 Å². The summed E-state index contributed by atoms with van der Waals surface area (Å²) >= 11 is 3.43. The zero-order valence-electron chi connectivity index (χ0n) is 9.33. The lowest BCUT2D eigenvalue weighted by atomic mass is 9.99. The first-order valence-electron chi connectivity index (χ1n) is 5.42. The number of aromatic amines is 1. The summed E-state index contributed by atoms with van der Waals surface area (Å²) in [6.07, 6.45) is 2.68. The summed E-state index contributed by atoms with van der Waals surface area (Å²) in [5, 5.41) is 8.04. The van der Waals surface area contributed by atoms with Crippen LogP contribution in [-0.2, 0) is 17.8 Å². The molecular formula is C11H11BrN4O. The SMILES string of the molecule is CC(=O)N1CCc2c(cnc3[nH]nc(Br)c23)C1. The number of pyridine rings is 1. The fourth-order valence-corrected chi connectivity index (χ4v) is 2.79. The molecule has 0 unspecified atom stereocenters. The van der Waals surface area contributed by atoms with Crippen LogP contribution in [0.5, 0.6) is 0 Å². The highest BCUT2D eigenvalue weighted by Crippen LogP contribution is 2.29. The minimum Gasteiger partial charge on any atom is -0.338 e. The first-order valence-corrected chi connectivity index (χ1v) is 6.22. The molecule has 0 radical (unpaired) electrons. The van der Waals surface area contributed by atoms with Gasteiger partial charge in [0.1, 0.15) is 4.60 Å². The maximum atomic E-state index is 11.4. The zero-order valence-corrected chi connectivity index (χ0v) is 10.9. The van der Waals surface area contributed by atoms with E-state index in [0.717, 1.165) is 34.2 Å². The molecule has 1 aliphatic rings. The van der Waals surface area contributed by atoms with Gasteiger partial charge in [-0.3, -0.25) is 9.89 Å². The zero-order chi connectivity index (χ0) is 12.0. The molecule has 1 amide bonds. The van der Waals surface area contributed by atoms with Crippen LogP contribution in [0.4, 0.5) is 0 Å². The molecule has 0 aromatic carbocycles. The van der Waals surface area contributed by atoms with Crippen LogP contribution in [-0.4, -0.2) is 32.5 Å². The average Bonchev–Trinajstić information content (AvgIpc) is 2.70. The van der Waals surface area contributed by atoms with Crippen molar-refractivity contribution in [3.63, 3.8) is 0 Å². The summed E-state index contributed by atoms with van der Waals surface area (Å²) in [6.45, 7) is 3.01. The first kappa shape index (κ1) is 10.7. The van der Waals surface area contributed by atoms with Crippen molar-refractivity contribution in [3.8, 4) is 0 Å². The number of nitrogens with one attached hydrogen (secondary N) is 1. The molecule has 0 fully saturated rings. The van der Waals surface area contributed by atoms with Crippen molar-refractivity contribution < 1.29 is 4.79 Å². The number of nitrogens with zero attached hydrogens (tertiary/aromatic N) is 3. The van der Waals surface area contributed by atoms with Gasteiger partial charge in [-0.1, -0.05) is 0 Å². The van der Waals surface area contributed by atoms with Crippen molar-refractivity contribution in [1.82, 2.24) is 20.1 Å². The molecule has 5 nitrogen and oxygen atoms in total. The van der Waals surface area contributed by atoms with Crippen LogP contribution in [0.25, 0.3) is 11.0 Å². The van der Waals surface area contributed by atoms with Gasteiger partial charge in [0, 0.05) is 26.2 Å². The molecule has 88 valence electrons. The van der Waals surface area contributed by atoms with Crippen LogP contribution in [0.15, 0.2) is 10.8 Å². The van der Waals surface area contributed by atoms with E-state index < -0.39 is 0 Å². The van der Waals surface area contributed by atoms with Crippen molar-refractivity contribution in [3.05, 3.63) is 21.9 Å². The first-order chi connectivity index (χ1) is 8.16. The van der Waals surface area contributed by atoms with Gasteiger partial charge < -0.3 is 4.90 Å². The van der Waals surface area contributed by atoms with Crippen LogP contribution in [0.2, 0.25) is 0 Å². The number of amides is 1. The van der Waals surface area contributed by atoms with E-state index in [1.165, 1.54) is 5.56 Å². The third-order valence-electron chi connectivity index (χ3n) is 3.18. The summed E-state index contributed by atoms with van der Waals surface area (Å²) in [4.78, 5) is 17.5. The van der Waals surface area contributed by atoms with Gasteiger partial charge in [-0.05, 0) is 33.5 Å². The Balaban J connectivity index is 2.13. The molecule has 0 bridgehead atoms. The summed E-state index contributed by atoms with van der Waals surface area (Å²) in [5.74, 6) is 0.113. The van der Waals surface area contributed by atoms with E-state index in [1.54, 1.807) is 6.92 Å². The highest BCUT2D eigenvalue weighted by molar-refractivity contribution is 9.10. The molecule has 3 rings (SSSR count). The van der Waals surface area contributed by atoms with Crippen LogP contribution < -0.4 is 0 Å². The predicted molar refractivity (Wildman–Crippen MR) is 66.4 cm³/mol. The van der Waals surface area contributed by atoms with Gasteiger partial charge in [0.15, 0.2) is 5.65 Å². The quantitative estimate of drug-likeness (QED) is 0.803. The minimum atomic E-state index is 0.113. The Morgan fingerprint density at radius 2 is 2.41 bits per heavy atom. The van der Waals surface area contributed by atoms with E-state index in [1.807, 2.05) is 11.1 Å². The molecule has 0 atom stereocenters. The van der Waals surface area contributed by atoms with Gasteiger partial charge in [0.25, 0.3) is 0 Å². The van der Waals surface area contributed by atoms with E-state index in [4.69, 9.17) is 0 Å². The number of halogens is 1. The number of carbonyl (C=O) groups excluding carboxylic acids is 1. The number of aromatic nitrogens is 3. The van der Waals surface area contributed by atoms with Crippen molar-refractivity contribution in [2.75, 3.05) is 6.54 Å². The Bertz CT molecular complexity index is 607. The number of carbonyl (C=O) groups is 1. The second kappa shape index (κ2) is 3.80. The fraction of sp³-hybridized carbons (Fsp3) is 0.364. The Labute approximate surface area is 106 Å². The van der Waals surface area contributed by atoms with Gasteiger partial charge in [-0.2, -0.15) is 5.10 Å². The van der Waals surface area contributed by atoms with Crippen molar-refractivity contribution in [1.29, 1.82) is 0 Å². The van der Waals surface area contributed by atoms with E-state index in [2.05, 4.69) is 31.1 Å². The molecule has 6 heteroatoms. The number of rotatable bonds is 0. The van der Waals surface area contributed by atoms with E-state index in [-0.39, 0.29) is 5.91 Å². The van der Waals surface area contributed by atoms with E-state index >= 15 is 0 Å².